The Kier molecular flexibility index (Phi) is 5.55. The van der Waals surface area contributed by atoms with Crippen LogP contribution < -0.4 is 5.32 Å². The maximum Gasteiger partial charge on any atom is 0.194 e. The summed E-state index contributed by atoms with van der Waals surface area (Å²) in [5.41, 5.74) is 5.54. The molecular formula is C23H20BrN3S. The molecule has 1 heterocycles. The lowest BCUT2D eigenvalue weighted by Gasteiger charge is -2.25. The van der Waals surface area contributed by atoms with E-state index < -0.39 is 0 Å². The van der Waals surface area contributed by atoms with Crippen LogP contribution in [-0.4, -0.2) is 15.8 Å². The van der Waals surface area contributed by atoms with Crippen molar-refractivity contribution in [3.05, 3.63) is 100 Å². The molecule has 4 rings (SSSR count). The Bertz CT molecular complexity index is 998. The first-order valence-electron chi connectivity index (χ1n) is 9.15. The predicted octanol–water partition coefficient (Wildman–Crippen LogP) is 6.31. The van der Waals surface area contributed by atoms with E-state index in [0.29, 0.717) is 5.11 Å². The van der Waals surface area contributed by atoms with Crippen LogP contribution in [0.5, 0.6) is 0 Å². The highest BCUT2D eigenvalue weighted by Gasteiger charge is 2.31. The van der Waals surface area contributed by atoms with Crippen LogP contribution in [0, 0.1) is 6.92 Å². The second kappa shape index (κ2) is 8.25. The lowest BCUT2D eigenvalue weighted by atomic mass is 9.99. The summed E-state index contributed by atoms with van der Waals surface area (Å²) in [5, 5.41) is 10.8. The molecule has 3 aromatic carbocycles. The zero-order valence-corrected chi connectivity index (χ0v) is 17.9. The molecule has 0 amide bonds. The molecule has 1 N–H and O–H groups in total. The predicted molar refractivity (Wildman–Crippen MR) is 124 cm³/mol. The van der Waals surface area contributed by atoms with Gasteiger partial charge in [0, 0.05) is 16.6 Å². The lowest BCUT2D eigenvalue weighted by molar-refractivity contribution is 0.375. The highest BCUT2D eigenvalue weighted by Crippen LogP contribution is 2.33. The highest BCUT2D eigenvalue weighted by atomic mass is 79.9. The fourth-order valence-corrected chi connectivity index (χ4v) is 3.82. The monoisotopic (exact) mass is 449 g/mol. The number of rotatable bonds is 3. The molecule has 0 aliphatic carbocycles. The fourth-order valence-electron chi connectivity index (χ4n) is 3.27. The average Bonchev–Trinajstić information content (AvgIpc) is 3.16. The second-order valence-electron chi connectivity index (χ2n) is 6.82. The summed E-state index contributed by atoms with van der Waals surface area (Å²) in [4.78, 5) is 0. The van der Waals surface area contributed by atoms with Crippen molar-refractivity contribution >= 4 is 44.7 Å². The Morgan fingerprint density at radius 3 is 2.36 bits per heavy atom. The van der Waals surface area contributed by atoms with Crippen LogP contribution in [0.4, 0.5) is 5.69 Å². The van der Waals surface area contributed by atoms with Crippen LogP contribution >= 0.6 is 28.1 Å². The number of anilines is 1. The molecule has 0 aromatic heterocycles. The van der Waals surface area contributed by atoms with Gasteiger partial charge in [0.05, 0.1) is 11.8 Å². The van der Waals surface area contributed by atoms with Crippen molar-refractivity contribution < 1.29 is 0 Å². The van der Waals surface area contributed by atoms with Crippen LogP contribution in [0.15, 0.2) is 88.4 Å². The summed E-state index contributed by atoms with van der Waals surface area (Å²) in [5.74, 6) is 0. The van der Waals surface area contributed by atoms with Gasteiger partial charge in [-0.25, -0.2) is 5.01 Å². The first kappa shape index (κ1) is 18.8. The molecule has 1 atom stereocenters. The SMILES string of the molecule is Cc1ccc(NC(=S)N2N=C(c3ccc(Br)cc3)CC2c2ccccc2)cc1. The molecule has 1 aliphatic rings. The van der Waals surface area contributed by atoms with Gasteiger partial charge in [-0.15, -0.1) is 0 Å². The molecule has 3 nitrogen and oxygen atoms in total. The molecule has 1 unspecified atom stereocenters. The van der Waals surface area contributed by atoms with Gasteiger partial charge >= 0.3 is 0 Å². The molecule has 0 saturated heterocycles. The van der Waals surface area contributed by atoms with Gasteiger partial charge in [-0.3, -0.25) is 0 Å². The Morgan fingerprint density at radius 2 is 1.68 bits per heavy atom. The van der Waals surface area contributed by atoms with E-state index in [1.807, 2.05) is 35.3 Å². The number of hydrogen-bond donors (Lipinski definition) is 1. The third-order valence-corrected chi connectivity index (χ3v) is 5.60. The summed E-state index contributed by atoms with van der Waals surface area (Å²) in [6.45, 7) is 2.07. The minimum atomic E-state index is 0.0743. The van der Waals surface area contributed by atoms with E-state index in [0.717, 1.165) is 27.9 Å². The van der Waals surface area contributed by atoms with Crippen LogP contribution in [0.25, 0.3) is 0 Å². The topological polar surface area (TPSA) is 27.6 Å². The van der Waals surface area contributed by atoms with Gasteiger partial charge in [0.1, 0.15) is 0 Å². The van der Waals surface area contributed by atoms with Crippen molar-refractivity contribution in [3.63, 3.8) is 0 Å². The molecule has 5 heteroatoms. The van der Waals surface area contributed by atoms with Gasteiger partial charge in [-0.1, -0.05) is 76.1 Å². The normalized spacial score (nSPS) is 16.0. The van der Waals surface area contributed by atoms with Crippen LogP contribution in [-0.2, 0) is 0 Å². The maximum absolute atomic E-state index is 5.73. The van der Waals surface area contributed by atoms with Gasteiger partial charge in [0.2, 0.25) is 0 Å². The molecule has 0 fully saturated rings. The zero-order valence-electron chi connectivity index (χ0n) is 15.5. The minimum absolute atomic E-state index is 0.0743. The number of thiocarbonyl (C=S) groups is 1. The number of nitrogens with one attached hydrogen (secondary N) is 1. The molecule has 0 spiro atoms. The van der Waals surface area contributed by atoms with Crippen molar-refractivity contribution in [2.45, 2.75) is 19.4 Å². The Hall–Kier alpha value is -2.50. The summed E-state index contributed by atoms with van der Waals surface area (Å²) < 4.78 is 1.06. The van der Waals surface area contributed by atoms with E-state index in [1.165, 1.54) is 11.1 Å². The van der Waals surface area contributed by atoms with Gasteiger partial charge in [-0.05, 0) is 54.5 Å². The minimum Gasteiger partial charge on any atom is -0.331 e. The quantitative estimate of drug-likeness (QED) is 0.474. The van der Waals surface area contributed by atoms with Gasteiger partial charge in [0.25, 0.3) is 0 Å². The van der Waals surface area contributed by atoms with E-state index in [9.17, 15) is 0 Å². The smallest absolute Gasteiger partial charge is 0.194 e. The van der Waals surface area contributed by atoms with Crippen molar-refractivity contribution in [2.75, 3.05) is 5.32 Å². The highest BCUT2D eigenvalue weighted by molar-refractivity contribution is 9.10. The molecular weight excluding hydrogens is 430 g/mol. The van der Waals surface area contributed by atoms with Crippen LogP contribution in [0.3, 0.4) is 0 Å². The zero-order chi connectivity index (χ0) is 19.5. The summed E-state index contributed by atoms with van der Waals surface area (Å²) >= 11 is 9.23. The van der Waals surface area contributed by atoms with Gasteiger partial charge < -0.3 is 5.32 Å². The summed E-state index contributed by atoms with van der Waals surface area (Å²) in [7, 11) is 0. The van der Waals surface area contributed by atoms with Crippen molar-refractivity contribution in [1.82, 2.24) is 5.01 Å². The number of aryl methyl sites for hydroxylation is 1. The average molecular weight is 450 g/mol. The van der Waals surface area contributed by atoms with E-state index in [4.69, 9.17) is 17.3 Å². The third kappa shape index (κ3) is 4.16. The van der Waals surface area contributed by atoms with Crippen LogP contribution in [0.1, 0.15) is 29.2 Å². The Labute approximate surface area is 179 Å². The maximum atomic E-state index is 5.73. The van der Waals surface area contributed by atoms with Crippen LogP contribution in [0.2, 0.25) is 0 Å². The van der Waals surface area contributed by atoms with E-state index in [-0.39, 0.29) is 6.04 Å². The molecule has 28 heavy (non-hydrogen) atoms. The number of halogens is 1. The number of nitrogens with zero attached hydrogens (tertiary/aromatic N) is 2. The van der Waals surface area contributed by atoms with E-state index in [1.54, 1.807) is 0 Å². The second-order valence-corrected chi connectivity index (χ2v) is 8.13. The lowest BCUT2D eigenvalue weighted by Crippen LogP contribution is -2.31. The Balaban J connectivity index is 1.63. The molecule has 3 aromatic rings. The summed E-state index contributed by atoms with van der Waals surface area (Å²) in [6, 6.07) is 27.0. The van der Waals surface area contributed by atoms with Crippen molar-refractivity contribution in [1.29, 1.82) is 0 Å². The number of hydrazone groups is 1. The van der Waals surface area contributed by atoms with Gasteiger partial charge in [0.15, 0.2) is 5.11 Å². The first-order valence-corrected chi connectivity index (χ1v) is 10.4. The fraction of sp³-hybridized carbons (Fsp3) is 0.130. The largest absolute Gasteiger partial charge is 0.331 e. The van der Waals surface area contributed by atoms with E-state index in [2.05, 4.69) is 76.7 Å². The molecule has 1 aliphatic heterocycles. The molecule has 0 bridgehead atoms. The number of benzene rings is 3. The molecule has 0 radical (unpaired) electrons. The van der Waals surface area contributed by atoms with Crippen molar-refractivity contribution in [3.8, 4) is 0 Å². The first-order chi connectivity index (χ1) is 13.6. The standard InChI is InChI=1S/C23H20BrN3S/c1-16-7-13-20(14-8-16)25-23(28)27-22(18-5-3-2-4-6-18)15-21(26-27)17-9-11-19(24)12-10-17/h2-14,22H,15H2,1H3,(H,25,28). The van der Waals surface area contributed by atoms with E-state index >= 15 is 0 Å². The number of hydrogen-bond acceptors (Lipinski definition) is 2. The van der Waals surface area contributed by atoms with Gasteiger partial charge in [-0.2, -0.15) is 5.10 Å². The Morgan fingerprint density at radius 1 is 1.00 bits per heavy atom. The third-order valence-electron chi connectivity index (χ3n) is 4.78. The molecule has 0 saturated carbocycles. The molecule has 140 valence electrons. The van der Waals surface area contributed by atoms with Crippen molar-refractivity contribution in [2.24, 2.45) is 5.10 Å². The summed E-state index contributed by atoms with van der Waals surface area (Å²) in [6.07, 6.45) is 0.807.